The lowest BCUT2D eigenvalue weighted by atomic mass is 10.0. The lowest BCUT2D eigenvalue weighted by molar-refractivity contribution is -0.147. The van der Waals surface area contributed by atoms with Crippen LogP contribution in [0.1, 0.15) is 6.42 Å². The van der Waals surface area contributed by atoms with E-state index < -0.39 is 226 Å². The Bertz CT molecular complexity index is 1770. The third-order valence-electron chi connectivity index (χ3n) is 9.26. The summed E-state index contributed by atoms with van der Waals surface area (Å²) < 4.78 is 0. The van der Waals surface area contributed by atoms with Crippen LogP contribution in [0.3, 0.4) is 0 Å². The first kappa shape index (κ1) is 61.8. The number of carboxylic acids is 10. The Kier molecular flexibility index (Phi) is 29.1. The van der Waals surface area contributed by atoms with Crippen molar-refractivity contribution in [2.75, 3.05) is 124 Å². The summed E-state index contributed by atoms with van der Waals surface area (Å²) in [6.45, 7) is -14.1. The number of carboxylic acid groups (broad SMARTS) is 10. The van der Waals surface area contributed by atoms with Crippen molar-refractivity contribution in [3.63, 3.8) is 0 Å². The van der Waals surface area contributed by atoms with Gasteiger partial charge in [-0.2, -0.15) is 0 Å². The zero-order valence-electron chi connectivity index (χ0n) is 36.9. The monoisotopic (exact) mass is 998 g/mol. The standard InChI is InChI=1S/C36H58N10O23/c37-9-23(47)44(5-2-38-35(68)22(45(17-30(60)61)18-31(62)63)11-42(14-27(54)55)7-8-43(15-28(56)57)16-29(58)59)6-3-39-36(69)34(46(19-32(64)65)20-33(66)67)21(40-10-24(48)49)1-4-41(12-25(50)51)13-26(52)53/h21-22,34,40H,1-20,37H2,(H,38,68)(H,39,69)(H,48,49)(H,50,51)(H,52,53)(H,54,55)(H,56,57)(H,58,59)(H,60,61)(H,62,63)(H,64,65)(H,66,67). The zero-order chi connectivity index (χ0) is 53.0. The van der Waals surface area contributed by atoms with Gasteiger partial charge in [0.1, 0.15) is 12.1 Å². The summed E-state index contributed by atoms with van der Waals surface area (Å²) >= 11 is 0. The maximum atomic E-state index is 13.9. The van der Waals surface area contributed by atoms with Crippen LogP contribution in [0.2, 0.25) is 0 Å². The van der Waals surface area contributed by atoms with Gasteiger partial charge in [-0.1, -0.05) is 0 Å². The maximum absolute atomic E-state index is 13.9. The Morgan fingerprint density at radius 1 is 0.420 bits per heavy atom. The van der Waals surface area contributed by atoms with Crippen molar-refractivity contribution in [1.29, 1.82) is 0 Å². The van der Waals surface area contributed by atoms with Gasteiger partial charge in [0.2, 0.25) is 17.7 Å². The summed E-state index contributed by atoms with van der Waals surface area (Å²) in [5, 5.41) is 101. The molecule has 0 aliphatic rings. The number of hydrogen-bond acceptors (Lipinski definition) is 20. The molecular formula is C36H58N10O23. The quantitative estimate of drug-likeness (QED) is 0.0270. The fourth-order valence-corrected chi connectivity index (χ4v) is 6.59. The molecule has 3 unspecified atom stereocenters. The van der Waals surface area contributed by atoms with E-state index in [4.69, 9.17) is 5.73 Å². The van der Waals surface area contributed by atoms with Gasteiger partial charge in [-0.05, 0) is 6.42 Å². The molecule has 0 heterocycles. The van der Waals surface area contributed by atoms with Crippen LogP contribution in [0.25, 0.3) is 0 Å². The lowest BCUT2D eigenvalue weighted by Gasteiger charge is -2.35. The molecule has 0 saturated carbocycles. The van der Waals surface area contributed by atoms with Crippen molar-refractivity contribution in [3.05, 3.63) is 0 Å². The number of carbonyl (C=O) groups is 13. The topological polar surface area (TPSA) is 506 Å². The Labute approximate surface area is 390 Å². The van der Waals surface area contributed by atoms with Crippen molar-refractivity contribution < 1.29 is 113 Å². The fraction of sp³-hybridized carbons (Fsp3) is 0.639. The first-order chi connectivity index (χ1) is 32.1. The molecule has 3 amide bonds. The van der Waals surface area contributed by atoms with E-state index in [-0.39, 0.29) is 0 Å². The SMILES string of the molecule is NCC(=O)N(CCNC(=O)C(CN(CCN(CC(=O)O)CC(=O)O)CC(=O)O)N(CC(=O)O)CC(=O)O)CCNC(=O)C(C(CCN(CC(=O)O)CC(=O)O)NCC(=O)O)N(CC(=O)O)CC(=O)O. The molecule has 0 aromatic heterocycles. The minimum atomic E-state index is -1.87. The van der Waals surface area contributed by atoms with Crippen molar-refractivity contribution in [3.8, 4) is 0 Å². The van der Waals surface area contributed by atoms with Gasteiger partial charge in [0.05, 0.1) is 72.0 Å². The molecule has 0 bridgehead atoms. The number of aliphatic carboxylic acids is 10. The first-order valence-corrected chi connectivity index (χ1v) is 20.2. The Balaban J connectivity index is 6.67. The average molecular weight is 999 g/mol. The van der Waals surface area contributed by atoms with Crippen LogP contribution in [-0.2, 0) is 62.3 Å². The third kappa shape index (κ3) is 28.6. The number of amides is 3. The summed E-state index contributed by atoms with van der Waals surface area (Å²) in [6.07, 6.45) is -0.460. The summed E-state index contributed by atoms with van der Waals surface area (Å²) in [7, 11) is 0. The van der Waals surface area contributed by atoms with Gasteiger partial charge in [-0.15, -0.1) is 0 Å². The van der Waals surface area contributed by atoms with E-state index in [1.807, 2.05) is 0 Å². The van der Waals surface area contributed by atoms with Gasteiger partial charge >= 0.3 is 59.7 Å². The molecule has 0 rings (SSSR count). The van der Waals surface area contributed by atoms with E-state index in [9.17, 15) is 113 Å². The van der Waals surface area contributed by atoms with Crippen LogP contribution in [-0.4, -0.2) is 300 Å². The van der Waals surface area contributed by atoms with Gasteiger partial charge in [-0.3, -0.25) is 86.8 Å². The van der Waals surface area contributed by atoms with E-state index in [1.165, 1.54) is 0 Å². The second-order valence-electron chi connectivity index (χ2n) is 14.8. The van der Waals surface area contributed by atoms with Crippen molar-refractivity contribution in [1.82, 2.24) is 45.3 Å². The summed E-state index contributed by atoms with van der Waals surface area (Å²) in [6, 6.07) is -5.15. The molecule has 3 atom stereocenters. The van der Waals surface area contributed by atoms with Crippen LogP contribution in [0.4, 0.5) is 0 Å². The lowest BCUT2D eigenvalue weighted by Crippen LogP contribution is -2.61. The maximum Gasteiger partial charge on any atom is 0.317 e. The molecule has 0 aromatic carbocycles. The number of nitrogens with zero attached hydrogens (tertiary/aromatic N) is 6. The highest BCUT2D eigenvalue weighted by Crippen LogP contribution is 2.12. The highest BCUT2D eigenvalue weighted by Gasteiger charge is 2.37. The third-order valence-corrected chi connectivity index (χ3v) is 9.26. The smallest absolute Gasteiger partial charge is 0.317 e. The van der Waals surface area contributed by atoms with Crippen LogP contribution >= 0.6 is 0 Å². The van der Waals surface area contributed by atoms with Crippen LogP contribution in [0.5, 0.6) is 0 Å². The van der Waals surface area contributed by atoms with Gasteiger partial charge in [0.15, 0.2) is 0 Å². The second kappa shape index (κ2) is 32.5. The number of carbonyl (C=O) groups excluding carboxylic acids is 3. The molecule has 33 nitrogen and oxygen atoms in total. The van der Waals surface area contributed by atoms with Crippen molar-refractivity contribution >= 4 is 77.4 Å². The molecule has 390 valence electrons. The minimum absolute atomic E-state index is 0.402. The van der Waals surface area contributed by atoms with Crippen molar-refractivity contribution in [2.45, 2.75) is 24.5 Å². The van der Waals surface area contributed by atoms with Gasteiger partial charge in [-0.25, -0.2) is 0 Å². The van der Waals surface area contributed by atoms with E-state index in [0.717, 1.165) is 19.6 Å². The number of nitrogens with two attached hydrogens (primary N) is 1. The van der Waals surface area contributed by atoms with Crippen LogP contribution < -0.4 is 21.7 Å². The summed E-state index contributed by atoms with van der Waals surface area (Å²) in [5.41, 5.74) is 5.55. The van der Waals surface area contributed by atoms with E-state index in [2.05, 4.69) is 16.0 Å². The molecule has 0 aliphatic heterocycles. The van der Waals surface area contributed by atoms with E-state index in [1.54, 1.807) is 0 Å². The van der Waals surface area contributed by atoms with Gasteiger partial charge in [0, 0.05) is 58.4 Å². The summed E-state index contributed by atoms with van der Waals surface area (Å²) in [4.78, 5) is 161. The molecule has 0 spiro atoms. The fourth-order valence-electron chi connectivity index (χ4n) is 6.59. The molecule has 0 aliphatic carbocycles. The highest BCUT2D eigenvalue weighted by atomic mass is 16.4. The van der Waals surface area contributed by atoms with Crippen molar-refractivity contribution in [2.24, 2.45) is 5.73 Å². The number of rotatable bonds is 41. The van der Waals surface area contributed by atoms with Gasteiger partial charge in [0.25, 0.3) is 0 Å². The molecule has 15 N–H and O–H groups in total. The molecule has 0 fully saturated rings. The predicted octanol–water partition coefficient (Wildman–Crippen LogP) is -8.55. The molecule has 0 radical (unpaired) electrons. The normalized spacial score (nSPS) is 12.6. The molecule has 0 saturated heterocycles. The molecular weight excluding hydrogens is 940 g/mol. The first-order valence-electron chi connectivity index (χ1n) is 20.2. The Morgan fingerprint density at radius 2 is 0.783 bits per heavy atom. The molecule has 69 heavy (non-hydrogen) atoms. The van der Waals surface area contributed by atoms with E-state index >= 15 is 0 Å². The zero-order valence-corrected chi connectivity index (χ0v) is 36.9. The molecule has 0 aromatic rings. The highest BCUT2D eigenvalue weighted by molar-refractivity contribution is 5.86. The summed E-state index contributed by atoms with van der Waals surface area (Å²) in [5.74, 6) is -18.4. The minimum Gasteiger partial charge on any atom is -0.480 e. The van der Waals surface area contributed by atoms with E-state index in [0.29, 0.717) is 9.80 Å². The second-order valence-corrected chi connectivity index (χ2v) is 14.8. The Hall–Kier alpha value is -7.17. The van der Waals surface area contributed by atoms with Gasteiger partial charge < -0.3 is 77.6 Å². The van der Waals surface area contributed by atoms with Crippen LogP contribution in [0.15, 0.2) is 0 Å². The number of hydrogen-bond donors (Lipinski definition) is 14. The largest absolute Gasteiger partial charge is 0.480 e. The average Bonchev–Trinajstić information content (AvgIpc) is 3.19. The molecule has 33 heteroatoms. The Morgan fingerprint density at radius 3 is 1.17 bits per heavy atom. The predicted molar refractivity (Wildman–Crippen MR) is 224 cm³/mol. The number of nitrogens with one attached hydrogen (secondary N) is 3. The van der Waals surface area contributed by atoms with Crippen LogP contribution in [0, 0.1) is 0 Å².